The zero-order valence-corrected chi connectivity index (χ0v) is 42.9. The van der Waals surface area contributed by atoms with Crippen LogP contribution in [0.15, 0.2) is 96.6 Å². The molecule has 4 atom stereocenters. The highest BCUT2D eigenvalue weighted by molar-refractivity contribution is 7.13. The Bertz CT molecular complexity index is 2650. The number of hydrogen-bond donors (Lipinski definition) is 4. The fourth-order valence-electron chi connectivity index (χ4n) is 8.54. The number of aliphatic hydroxyl groups is 1. The van der Waals surface area contributed by atoms with E-state index in [1.54, 1.807) is 47.9 Å². The van der Waals surface area contributed by atoms with Crippen molar-refractivity contribution in [3.05, 3.63) is 119 Å². The molecule has 4 N–H and O–H groups in total. The zero-order chi connectivity index (χ0) is 51.9. The quantitative estimate of drug-likeness (QED) is 0.0606. The van der Waals surface area contributed by atoms with Gasteiger partial charge in [-0.3, -0.25) is 19.2 Å². The largest absolute Gasteiger partial charge is 0.491 e. The van der Waals surface area contributed by atoms with Gasteiger partial charge in [0.25, 0.3) is 5.91 Å². The third-order valence-electron chi connectivity index (χ3n) is 12.6. The van der Waals surface area contributed by atoms with Crippen LogP contribution in [0.4, 0.5) is 17.2 Å². The van der Waals surface area contributed by atoms with Crippen molar-refractivity contribution in [1.82, 2.24) is 25.5 Å². The number of nitrogens with one attached hydrogen (secondary N) is 3. The number of pyridine rings is 1. The predicted octanol–water partition coefficient (Wildman–Crippen LogP) is 5.76. The van der Waals surface area contributed by atoms with Crippen LogP contribution in [0.5, 0.6) is 5.75 Å². The number of aliphatic hydroxyl groups excluding tert-OH is 1. The summed E-state index contributed by atoms with van der Waals surface area (Å²) < 4.78 is 22.5. The van der Waals surface area contributed by atoms with Crippen LogP contribution < -0.4 is 30.5 Å². The van der Waals surface area contributed by atoms with Crippen molar-refractivity contribution in [1.29, 1.82) is 5.26 Å². The van der Waals surface area contributed by atoms with E-state index in [1.165, 1.54) is 4.90 Å². The maximum atomic E-state index is 14.0. The topological polar surface area (TPSA) is 221 Å². The lowest BCUT2D eigenvalue weighted by atomic mass is 9.85. The second kappa shape index (κ2) is 25.6. The lowest BCUT2D eigenvalue weighted by Gasteiger charge is -2.36. The lowest BCUT2D eigenvalue weighted by Crippen LogP contribution is -2.58. The first-order valence-corrected chi connectivity index (χ1v) is 25.4. The van der Waals surface area contributed by atoms with Gasteiger partial charge in [-0.05, 0) is 91.1 Å². The molecule has 0 aliphatic carbocycles. The summed E-state index contributed by atoms with van der Waals surface area (Å²) in [5.41, 5.74) is 6.79. The van der Waals surface area contributed by atoms with E-state index < -0.39 is 35.4 Å². The number of hydrogen-bond acceptors (Lipinski definition) is 15. The second-order valence-electron chi connectivity index (χ2n) is 19.0. The minimum atomic E-state index is -0.982. The van der Waals surface area contributed by atoms with E-state index in [9.17, 15) is 24.3 Å². The molecule has 18 nitrogen and oxygen atoms in total. The van der Waals surface area contributed by atoms with E-state index in [-0.39, 0.29) is 50.6 Å². The van der Waals surface area contributed by atoms with Gasteiger partial charge >= 0.3 is 0 Å². The van der Waals surface area contributed by atoms with E-state index in [0.29, 0.717) is 49.0 Å². The Kier molecular flexibility index (Phi) is 18.9. The maximum absolute atomic E-state index is 14.0. The number of anilines is 3. The molecular weight excluding hydrogens is 951 g/mol. The summed E-state index contributed by atoms with van der Waals surface area (Å²) in [6.07, 6.45) is 0.793. The molecule has 0 saturated carbocycles. The molecule has 7 rings (SSSR count). The van der Waals surface area contributed by atoms with E-state index in [0.717, 1.165) is 59.4 Å². The summed E-state index contributed by atoms with van der Waals surface area (Å²) >= 11 is 1.57. The number of benzene rings is 3. The molecule has 2 aliphatic rings. The Morgan fingerprint density at radius 3 is 2.10 bits per heavy atom. The summed E-state index contributed by atoms with van der Waals surface area (Å²) in [4.78, 5) is 69.3. The Morgan fingerprint density at radius 2 is 1.48 bits per heavy atom. The average molecular weight is 1020 g/mol. The number of amides is 4. The molecule has 0 bridgehead atoms. The van der Waals surface area contributed by atoms with Gasteiger partial charge in [0, 0.05) is 62.3 Å². The zero-order valence-electron chi connectivity index (χ0n) is 42.0. The van der Waals surface area contributed by atoms with Gasteiger partial charge in [-0.15, -0.1) is 11.3 Å². The van der Waals surface area contributed by atoms with Gasteiger partial charge in [0.1, 0.15) is 42.9 Å². The standard InChI is InChI=1S/C54H65N9O9S/c1-36(39-7-9-40(10-8-39)49-37(2)57-35-73-49)58-52(67)46-30-44(64)33-63(46)53(68)50(54(3,4)5)60-48(65)34-71-27-26-69-24-25-70-28-29-72-45-17-11-41(12-18-45)51(66)59-42-13-15-43(16-14-42)61-20-22-62(23-21-61)47-19-6-38(31-55)32-56-47/h6-19,32,35-36,44,46,50,64H,20-30,33-34H2,1-5H3,(H,58,67)(H,59,66)(H,60,65)/t36-,44+,46-,50+/m0/s1. The van der Waals surface area contributed by atoms with Crippen molar-refractivity contribution in [2.45, 2.75) is 65.3 Å². The van der Waals surface area contributed by atoms with Crippen LogP contribution in [-0.2, 0) is 28.6 Å². The Hall–Kier alpha value is -6.95. The number of carbonyl (C=O) groups is 4. The molecule has 2 aromatic heterocycles. The number of rotatable bonds is 22. The normalized spacial score (nSPS) is 16.6. The van der Waals surface area contributed by atoms with Crippen molar-refractivity contribution in [3.8, 4) is 22.3 Å². The van der Waals surface area contributed by atoms with E-state index in [2.05, 4.69) is 41.8 Å². The summed E-state index contributed by atoms with van der Waals surface area (Å²) in [6.45, 7) is 13.8. The first-order valence-electron chi connectivity index (χ1n) is 24.5. The number of β-amino-alcohol motifs (C(OH)–C–C–N with tert-alkyl or cyclic N) is 1. The minimum Gasteiger partial charge on any atom is -0.491 e. The van der Waals surface area contributed by atoms with Gasteiger partial charge in [0.2, 0.25) is 17.7 Å². The lowest BCUT2D eigenvalue weighted by molar-refractivity contribution is -0.144. The van der Waals surface area contributed by atoms with E-state index >= 15 is 0 Å². The van der Waals surface area contributed by atoms with Crippen molar-refractivity contribution in [2.24, 2.45) is 5.41 Å². The van der Waals surface area contributed by atoms with Gasteiger partial charge < -0.3 is 54.7 Å². The molecule has 73 heavy (non-hydrogen) atoms. The van der Waals surface area contributed by atoms with Crippen LogP contribution in [-0.4, -0.2) is 141 Å². The van der Waals surface area contributed by atoms with Crippen LogP contribution in [0.25, 0.3) is 10.4 Å². The highest BCUT2D eigenvalue weighted by Crippen LogP contribution is 2.30. The molecule has 386 valence electrons. The Labute approximate surface area is 430 Å². The monoisotopic (exact) mass is 1020 g/mol. The third kappa shape index (κ3) is 15.1. The average Bonchev–Trinajstić information content (AvgIpc) is 4.02. The third-order valence-corrected chi connectivity index (χ3v) is 13.6. The van der Waals surface area contributed by atoms with Crippen LogP contribution in [0.1, 0.15) is 67.3 Å². The smallest absolute Gasteiger partial charge is 0.255 e. The van der Waals surface area contributed by atoms with E-state index in [1.807, 2.05) is 94.7 Å². The predicted molar refractivity (Wildman–Crippen MR) is 279 cm³/mol. The van der Waals surface area contributed by atoms with Crippen molar-refractivity contribution in [2.75, 3.05) is 94.1 Å². The molecule has 0 spiro atoms. The number of nitrogens with zero attached hydrogens (tertiary/aromatic N) is 6. The van der Waals surface area contributed by atoms with Gasteiger partial charge in [0.15, 0.2) is 0 Å². The van der Waals surface area contributed by atoms with Crippen molar-refractivity contribution < 1.29 is 43.2 Å². The molecule has 2 fully saturated rings. The summed E-state index contributed by atoms with van der Waals surface area (Å²) in [6, 6.07) is 26.1. The van der Waals surface area contributed by atoms with E-state index in [4.69, 9.17) is 24.2 Å². The van der Waals surface area contributed by atoms with Crippen molar-refractivity contribution >= 4 is 52.2 Å². The number of likely N-dealkylation sites (tertiary alicyclic amines) is 1. The number of piperazine rings is 1. The molecule has 0 unspecified atom stereocenters. The van der Waals surface area contributed by atoms with Gasteiger partial charge in [0.05, 0.1) is 66.8 Å². The van der Waals surface area contributed by atoms with Gasteiger partial charge in [-0.1, -0.05) is 45.0 Å². The number of ether oxygens (including phenoxy) is 4. The molecule has 2 saturated heterocycles. The van der Waals surface area contributed by atoms with Crippen LogP contribution in [0.3, 0.4) is 0 Å². The SMILES string of the molecule is Cc1ncsc1-c1ccc([C@H](C)NC(=O)[C@@H]2C[C@@H](O)CN2C(=O)[C@@H](NC(=O)COCCOCCOCCOc2ccc(C(=O)Nc3ccc(N4CCN(c5ccc(C#N)cn5)CC4)cc3)cc2)C(C)(C)C)cc1. The highest BCUT2D eigenvalue weighted by Gasteiger charge is 2.44. The Balaban J connectivity index is 0.734. The minimum absolute atomic E-state index is 0.0294. The number of thiazole rings is 1. The summed E-state index contributed by atoms with van der Waals surface area (Å²) in [5, 5.41) is 28.4. The van der Waals surface area contributed by atoms with Gasteiger partial charge in [-0.25, -0.2) is 9.97 Å². The fraction of sp³-hybridized carbons (Fsp3) is 0.426. The summed E-state index contributed by atoms with van der Waals surface area (Å²) in [5.74, 6) is -0.0959. The molecule has 4 amide bonds. The van der Waals surface area contributed by atoms with Crippen LogP contribution in [0.2, 0.25) is 0 Å². The summed E-state index contributed by atoms with van der Waals surface area (Å²) in [7, 11) is 0. The number of nitriles is 1. The van der Waals surface area contributed by atoms with Gasteiger partial charge in [-0.2, -0.15) is 5.26 Å². The molecule has 0 radical (unpaired) electrons. The number of aryl methyl sites for hydroxylation is 1. The Morgan fingerprint density at radius 1 is 0.822 bits per heavy atom. The second-order valence-corrected chi connectivity index (χ2v) is 19.9. The number of carbonyl (C=O) groups excluding carboxylic acids is 4. The van der Waals surface area contributed by atoms with Crippen LogP contribution in [0, 0.1) is 23.7 Å². The number of aromatic nitrogens is 2. The van der Waals surface area contributed by atoms with Crippen LogP contribution >= 0.6 is 11.3 Å². The highest BCUT2D eigenvalue weighted by atomic mass is 32.1. The molecule has 3 aromatic carbocycles. The molecular formula is C54H65N9O9S. The van der Waals surface area contributed by atoms with Crippen molar-refractivity contribution in [3.63, 3.8) is 0 Å². The maximum Gasteiger partial charge on any atom is 0.255 e. The molecule has 4 heterocycles. The first-order chi connectivity index (χ1) is 35.2. The molecule has 19 heteroatoms. The molecule has 5 aromatic rings. The molecule has 2 aliphatic heterocycles. The fourth-order valence-corrected chi connectivity index (χ4v) is 9.35. The first kappa shape index (κ1) is 53.8.